The molecule has 2 aliphatic heterocycles. The number of nitrogens with one attached hydrogen (secondary N) is 1. The van der Waals surface area contributed by atoms with E-state index in [0.29, 0.717) is 5.92 Å². The number of carbonyl (C=O) groups is 1. The molecule has 1 aromatic heterocycles. The van der Waals surface area contributed by atoms with E-state index in [1.807, 2.05) is 18.0 Å². The Morgan fingerprint density at radius 3 is 2.69 bits per heavy atom. The van der Waals surface area contributed by atoms with E-state index in [4.69, 9.17) is 5.11 Å². The number of hydrogen-bond donors (Lipinski definition) is 2. The highest BCUT2D eigenvalue weighted by molar-refractivity contribution is 6.02. The van der Waals surface area contributed by atoms with E-state index in [9.17, 15) is 4.79 Å². The van der Waals surface area contributed by atoms with Gasteiger partial charge in [-0.3, -0.25) is 14.4 Å². The van der Waals surface area contributed by atoms with Crippen LogP contribution in [0.25, 0.3) is 17.0 Å². The summed E-state index contributed by atoms with van der Waals surface area (Å²) in [6, 6.07) is 4.14. The van der Waals surface area contributed by atoms with Crippen molar-refractivity contribution in [2.45, 2.75) is 39.2 Å². The maximum Gasteiger partial charge on any atom is 0.254 e. The lowest BCUT2D eigenvalue weighted by molar-refractivity contribution is 0.0628. The lowest BCUT2D eigenvalue weighted by atomic mass is 9.85. The number of anilines is 1. The summed E-state index contributed by atoms with van der Waals surface area (Å²) in [7, 11) is 0. The predicted octanol–water partition coefficient (Wildman–Crippen LogP) is 3.20. The Balaban J connectivity index is 1.42. The fraction of sp³-hybridized carbons (Fsp3) is 0.520. The number of aliphatic hydroxyl groups is 1. The number of hydrogen-bond acceptors (Lipinski definition) is 5. The van der Waals surface area contributed by atoms with Gasteiger partial charge in [-0.1, -0.05) is 13.0 Å². The van der Waals surface area contributed by atoms with Gasteiger partial charge in [-0.05, 0) is 49.8 Å². The van der Waals surface area contributed by atoms with E-state index in [1.54, 1.807) is 0 Å². The van der Waals surface area contributed by atoms with Crippen LogP contribution in [0, 0.1) is 12.8 Å². The van der Waals surface area contributed by atoms with Crippen molar-refractivity contribution in [2.75, 3.05) is 44.6 Å². The molecule has 7 nitrogen and oxygen atoms in total. The van der Waals surface area contributed by atoms with Crippen molar-refractivity contribution in [1.29, 1.82) is 0 Å². The summed E-state index contributed by atoms with van der Waals surface area (Å²) < 4.78 is 2.12. The average molecular weight is 436 g/mol. The molecule has 1 saturated carbocycles. The van der Waals surface area contributed by atoms with Gasteiger partial charge >= 0.3 is 0 Å². The molecule has 32 heavy (non-hydrogen) atoms. The standard InChI is InChI=1S/C25H33N5O2/c1-17-13-23-21(14-20(17)25(32)29-10-8-28(9-11-29)7-4-12-31)24-22(18(2)27-23)15-26-30(24)16-19-5-3-6-19/h13-15,19,27,31H,2-12,16H2,1H3. The predicted molar refractivity (Wildman–Crippen MR) is 126 cm³/mol. The molecule has 3 heterocycles. The summed E-state index contributed by atoms with van der Waals surface area (Å²) in [4.78, 5) is 17.8. The second-order valence-electron chi connectivity index (χ2n) is 9.41. The molecule has 0 bridgehead atoms. The quantitative estimate of drug-likeness (QED) is 0.729. The number of piperazine rings is 1. The van der Waals surface area contributed by atoms with Crippen LogP contribution in [0.5, 0.6) is 0 Å². The minimum absolute atomic E-state index is 0.100. The molecule has 5 rings (SSSR count). The van der Waals surface area contributed by atoms with Gasteiger partial charge in [0.2, 0.25) is 0 Å². The van der Waals surface area contributed by atoms with Crippen LogP contribution in [0.2, 0.25) is 0 Å². The molecule has 0 unspecified atom stereocenters. The Morgan fingerprint density at radius 1 is 1.22 bits per heavy atom. The van der Waals surface area contributed by atoms with Crippen molar-refractivity contribution in [3.05, 3.63) is 41.6 Å². The maximum absolute atomic E-state index is 13.5. The number of fused-ring (bicyclic) bond motifs is 3. The molecule has 1 amide bonds. The van der Waals surface area contributed by atoms with E-state index in [0.717, 1.165) is 85.0 Å². The van der Waals surface area contributed by atoms with Crippen molar-refractivity contribution in [1.82, 2.24) is 19.6 Å². The smallest absolute Gasteiger partial charge is 0.254 e. The van der Waals surface area contributed by atoms with Crippen LogP contribution >= 0.6 is 0 Å². The summed E-state index contributed by atoms with van der Waals surface area (Å²) in [6.07, 6.45) is 6.53. The fourth-order valence-corrected chi connectivity index (χ4v) is 5.06. The topological polar surface area (TPSA) is 73.6 Å². The van der Waals surface area contributed by atoms with Crippen molar-refractivity contribution in [3.63, 3.8) is 0 Å². The van der Waals surface area contributed by atoms with Crippen LogP contribution < -0.4 is 5.32 Å². The number of aryl methyl sites for hydroxylation is 1. The normalized spacial score (nSPS) is 18.7. The molecule has 0 radical (unpaired) electrons. The molecule has 0 spiro atoms. The number of benzene rings is 1. The molecule has 1 aromatic carbocycles. The van der Waals surface area contributed by atoms with E-state index >= 15 is 0 Å². The van der Waals surface area contributed by atoms with Crippen LogP contribution in [-0.2, 0) is 6.54 Å². The molecule has 7 heteroatoms. The third-order valence-electron chi connectivity index (χ3n) is 7.25. The molecule has 0 atom stereocenters. The summed E-state index contributed by atoms with van der Waals surface area (Å²) in [5.41, 5.74) is 6.76. The molecule has 2 aromatic rings. The Bertz CT molecular complexity index is 1030. The van der Waals surface area contributed by atoms with Crippen LogP contribution in [0.1, 0.15) is 47.2 Å². The fourth-order valence-electron chi connectivity index (χ4n) is 5.06. The molecule has 170 valence electrons. The minimum atomic E-state index is 0.100. The van der Waals surface area contributed by atoms with Crippen LogP contribution in [0.15, 0.2) is 24.9 Å². The van der Waals surface area contributed by atoms with E-state index in [-0.39, 0.29) is 12.5 Å². The van der Waals surface area contributed by atoms with E-state index < -0.39 is 0 Å². The van der Waals surface area contributed by atoms with Gasteiger partial charge in [0.15, 0.2) is 0 Å². The van der Waals surface area contributed by atoms with Gasteiger partial charge in [0.05, 0.1) is 11.9 Å². The molecule has 3 aliphatic rings. The first-order valence-electron chi connectivity index (χ1n) is 11.8. The highest BCUT2D eigenvalue weighted by Crippen LogP contribution is 2.42. The lowest BCUT2D eigenvalue weighted by Gasteiger charge is -2.35. The molecule has 2 N–H and O–H groups in total. The number of carbonyl (C=O) groups excluding carboxylic acids is 1. The summed E-state index contributed by atoms with van der Waals surface area (Å²) in [6.45, 7) is 11.4. The Morgan fingerprint density at radius 2 is 2.00 bits per heavy atom. The maximum atomic E-state index is 13.5. The molecule has 2 fully saturated rings. The summed E-state index contributed by atoms with van der Waals surface area (Å²) in [5, 5.41) is 17.2. The first kappa shape index (κ1) is 21.2. The molecule has 1 saturated heterocycles. The van der Waals surface area contributed by atoms with Gasteiger partial charge < -0.3 is 15.3 Å². The zero-order valence-corrected chi connectivity index (χ0v) is 18.9. The molecular formula is C25H33N5O2. The Hall–Kier alpha value is -2.64. The zero-order chi connectivity index (χ0) is 22.2. The lowest BCUT2D eigenvalue weighted by Crippen LogP contribution is -2.49. The van der Waals surface area contributed by atoms with Crippen molar-refractivity contribution >= 4 is 17.3 Å². The van der Waals surface area contributed by atoms with Crippen LogP contribution in [0.4, 0.5) is 5.69 Å². The van der Waals surface area contributed by atoms with Gasteiger partial charge in [0.25, 0.3) is 5.91 Å². The monoisotopic (exact) mass is 435 g/mol. The zero-order valence-electron chi connectivity index (χ0n) is 18.9. The number of aromatic nitrogens is 2. The summed E-state index contributed by atoms with van der Waals surface area (Å²) >= 11 is 0. The average Bonchev–Trinajstić information content (AvgIpc) is 3.19. The molecule has 1 aliphatic carbocycles. The van der Waals surface area contributed by atoms with Gasteiger partial charge in [-0.15, -0.1) is 0 Å². The van der Waals surface area contributed by atoms with Gasteiger partial charge in [-0.2, -0.15) is 5.10 Å². The second-order valence-corrected chi connectivity index (χ2v) is 9.41. The van der Waals surface area contributed by atoms with Crippen LogP contribution in [-0.4, -0.2) is 69.9 Å². The Kier molecular flexibility index (Phi) is 5.78. The van der Waals surface area contributed by atoms with E-state index in [2.05, 4.69) is 38.7 Å². The second kappa shape index (κ2) is 8.71. The highest BCUT2D eigenvalue weighted by Gasteiger charge is 2.29. The van der Waals surface area contributed by atoms with Crippen LogP contribution in [0.3, 0.4) is 0 Å². The van der Waals surface area contributed by atoms with Crippen molar-refractivity contribution in [3.8, 4) is 11.3 Å². The van der Waals surface area contributed by atoms with Gasteiger partial charge in [-0.25, -0.2) is 0 Å². The van der Waals surface area contributed by atoms with Gasteiger partial charge in [0, 0.05) is 74.0 Å². The Labute approximate surface area is 189 Å². The van der Waals surface area contributed by atoms with Gasteiger partial charge in [0.1, 0.15) is 0 Å². The van der Waals surface area contributed by atoms with Crippen molar-refractivity contribution < 1.29 is 9.90 Å². The number of rotatable bonds is 6. The largest absolute Gasteiger partial charge is 0.396 e. The number of nitrogens with zero attached hydrogens (tertiary/aromatic N) is 4. The first-order valence-corrected chi connectivity index (χ1v) is 11.8. The summed E-state index contributed by atoms with van der Waals surface area (Å²) in [5.74, 6) is 0.794. The minimum Gasteiger partial charge on any atom is -0.396 e. The third kappa shape index (κ3) is 3.84. The number of aliphatic hydroxyl groups excluding tert-OH is 1. The molecular weight excluding hydrogens is 402 g/mol. The number of amides is 1. The SMILES string of the molecule is C=C1Nc2cc(C)c(C(=O)N3CCN(CCCO)CC3)cc2-c2c1cnn2CC1CCC1. The first-order chi connectivity index (χ1) is 15.5. The van der Waals surface area contributed by atoms with Crippen molar-refractivity contribution in [2.24, 2.45) is 5.92 Å². The van der Waals surface area contributed by atoms with E-state index in [1.165, 1.54) is 19.3 Å². The third-order valence-corrected chi connectivity index (χ3v) is 7.25. The highest BCUT2D eigenvalue weighted by atomic mass is 16.3.